The molecule has 1 aromatic rings. The molecule has 0 amide bonds. The predicted octanol–water partition coefficient (Wildman–Crippen LogP) is 2.23. The van der Waals surface area contributed by atoms with E-state index in [9.17, 15) is 18.0 Å². The van der Waals surface area contributed by atoms with Gasteiger partial charge in [0.1, 0.15) is 6.54 Å². The molecule has 0 aliphatic heterocycles. The number of alkyl halides is 3. The second kappa shape index (κ2) is 4.86. The van der Waals surface area contributed by atoms with Crippen LogP contribution in [0.2, 0.25) is 0 Å². The van der Waals surface area contributed by atoms with Crippen LogP contribution in [0.25, 0.3) is 0 Å². The topological polar surface area (TPSA) is 44.1 Å². The molecule has 1 heterocycles. The molecule has 4 nitrogen and oxygen atoms in total. The Morgan fingerprint density at radius 1 is 1.62 bits per heavy atom. The molecule has 8 heteroatoms. The molecule has 0 aromatic carbocycles. The van der Waals surface area contributed by atoms with Gasteiger partial charge in [0.05, 0.1) is 17.3 Å². The van der Waals surface area contributed by atoms with Gasteiger partial charge in [0, 0.05) is 0 Å². The maximum atomic E-state index is 12.5. The third kappa shape index (κ3) is 2.97. The van der Waals surface area contributed by atoms with Gasteiger partial charge in [-0.15, -0.1) is 0 Å². The van der Waals surface area contributed by atoms with Crippen molar-refractivity contribution in [1.29, 1.82) is 0 Å². The fourth-order valence-corrected chi connectivity index (χ4v) is 1.61. The third-order valence-electron chi connectivity index (χ3n) is 1.65. The number of halogens is 4. The number of ether oxygens (including phenoxy) is 1. The van der Waals surface area contributed by atoms with Crippen LogP contribution in [0.1, 0.15) is 12.6 Å². The smallest absolute Gasteiger partial charge is 0.434 e. The van der Waals surface area contributed by atoms with Gasteiger partial charge < -0.3 is 4.74 Å². The average Bonchev–Trinajstić information content (AvgIpc) is 2.46. The molecule has 0 aliphatic rings. The van der Waals surface area contributed by atoms with E-state index in [2.05, 4.69) is 25.8 Å². The van der Waals surface area contributed by atoms with Crippen molar-refractivity contribution in [3.63, 3.8) is 0 Å². The highest BCUT2D eigenvalue weighted by Gasteiger charge is 2.38. The normalized spacial score (nSPS) is 11.6. The number of carbonyl (C=O) groups is 1. The summed E-state index contributed by atoms with van der Waals surface area (Å²) in [5.74, 6) is -0.761. The van der Waals surface area contributed by atoms with Gasteiger partial charge in [0.25, 0.3) is 0 Å². The highest BCUT2D eigenvalue weighted by atomic mass is 79.9. The fraction of sp³-hybridized carbons (Fsp3) is 0.500. The lowest BCUT2D eigenvalue weighted by Crippen LogP contribution is -2.21. The van der Waals surface area contributed by atoms with Gasteiger partial charge in [-0.25, -0.2) is 4.68 Å². The molecule has 0 unspecified atom stereocenters. The monoisotopic (exact) mass is 300 g/mol. The summed E-state index contributed by atoms with van der Waals surface area (Å²) in [6.07, 6.45) is -3.58. The Kier molecular flexibility index (Phi) is 3.95. The Morgan fingerprint density at radius 3 is 2.75 bits per heavy atom. The van der Waals surface area contributed by atoms with Crippen LogP contribution in [0.15, 0.2) is 10.7 Å². The SMILES string of the molecule is CCOC(=O)Cn1ncc(Br)c1C(F)(F)F. The highest BCUT2D eigenvalue weighted by molar-refractivity contribution is 9.10. The number of rotatable bonds is 3. The molecular weight excluding hydrogens is 293 g/mol. The largest absolute Gasteiger partial charge is 0.465 e. The van der Waals surface area contributed by atoms with Gasteiger partial charge in [-0.2, -0.15) is 18.3 Å². The first kappa shape index (κ1) is 13.0. The number of hydrogen-bond acceptors (Lipinski definition) is 3. The quantitative estimate of drug-likeness (QED) is 0.804. The number of aromatic nitrogens is 2. The number of hydrogen-bond donors (Lipinski definition) is 0. The first-order valence-electron chi connectivity index (χ1n) is 4.30. The summed E-state index contributed by atoms with van der Waals surface area (Å²) in [6, 6.07) is 0. The minimum absolute atomic E-state index is 0.114. The summed E-state index contributed by atoms with van der Waals surface area (Å²) in [5.41, 5.74) is -0.999. The number of nitrogens with zero attached hydrogens (tertiary/aromatic N) is 2. The van der Waals surface area contributed by atoms with Crippen molar-refractivity contribution >= 4 is 21.9 Å². The van der Waals surface area contributed by atoms with Crippen LogP contribution in [0, 0.1) is 0 Å². The van der Waals surface area contributed by atoms with Crippen LogP contribution in [0.3, 0.4) is 0 Å². The second-order valence-corrected chi connectivity index (χ2v) is 3.66. The van der Waals surface area contributed by atoms with E-state index in [4.69, 9.17) is 0 Å². The van der Waals surface area contributed by atoms with Crippen molar-refractivity contribution in [1.82, 2.24) is 9.78 Å². The zero-order valence-corrected chi connectivity index (χ0v) is 9.80. The molecule has 0 bridgehead atoms. The van der Waals surface area contributed by atoms with E-state index >= 15 is 0 Å². The van der Waals surface area contributed by atoms with Gasteiger partial charge >= 0.3 is 12.1 Å². The molecule has 90 valence electrons. The molecule has 0 saturated carbocycles. The van der Waals surface area contributed by atoms with Gasteiger partial charge in [0.2, 0.25) is 0 Å². The standard InChI is InChI=1S/C8H8BrF3N2O2/c1-2-16-6(15)4-14-7(8(10,11)12)5(9)3-13-14/h3H,2,4H2,1H3. The second-order valence-electron chi connectivity index (χ2n) is 2.80. The Morgan fingerprint density at radius 2 is 2.25 bits per heavy atom. The Hall–Kier alpha value is -1.05. The van der Waals surface area contributed by atoms with Crippen LogP contribution in [-0.2, 0) is 22.3 Å². The molecule has 0 atom stereocenters. The van der Waals surface area contributed by atoms with E-state index in [1.807, 2.05) is 0 Å². The molecule has 1 rings (SSSR count). The van der Waals surface area contributed by atoms with Crippen molar-refractivity contribution in [2.75, 3.05) is 6.61 Å². The molecule has 16 heavy (non-hydrogen) atoms. The predicted molar refractivity (Wildman–Crippen MR) is 51.6 cm³/mol. The van der Waals surface area contributed by atoms with Gasteiger partial charge in [0.15, 0.2) is 5.69 Å². The molecule has 0 spiro atoms. The molecule has 0 N–H and O–H groups in total. The summed E-state index contributed by atoms with van der Waals surface area (Å²) in [4.78, 5) is 11.0. The van der Waals surface area contributed by atoms with Crippen molar-refractivity contribution in [2.45, 2.75) is 19.6 Å². The van der Waals surface area contributed by atoms with E-state index in [0.717, 1.165) is 6.20 Å². The fourth-order valence-electron chi connectivity index (χ4n) is 1.09. The van der Waals surface area contributed by atoms with Gasteiger partial charge in [-0.05, 0) is 22.9 Å². The summed E-state index contributed by atoms with van der Waals surface area (Å²) < 4.78 is 42.5. The average molecular weight is 301 g/mol. The zero-order valence-electron chi connectivity index (χ0n) is 8.21. The Labute approximate surface area is 97.5 Å². The lowest BCUT2D eigenvalue weighted by atomic mass is 10.4. The molecule has 0 fully saturated rings. The van der Waals surface area contributed by atoms with Crippen molar-refractivity contribution < 1.29 is 22.7 Å². The van der Waals surface area contributed by atoms with Crippen LogP contribution in [0.5, 0.6) is 0 Å². The molecule has 0 saturated heterocycles. The van der Waals surface area contributed by atoms with Crippen LogP contribution < -0.4 is 0 Å². The summed E-state index contributed by atoms with van der Waals surface area (Å²) in [5, 5.41) is 3.45. The lowest BCUT2D eigenvalue weighted by molar-refractivity contribution is -0.149. The Balaban J connectivity index is 2.94. The van der Waals surface area contributed by atoms with Crippen molar-refractivity contribution in [3.05, 3.63) is 16.4 Å². The van der Waals surface area contributed by atoms with Crippen molar-refractivity contribution in [2.24, 2.45) is 0 Å². The van der Waals surface area contributed by atoms with E-state index < -0.39 is 24.4 Å². The highest BCUT2D eigenvalue weighted by Crippen LogP contribution is 2.34. The minimum atomic E-state index is -4.57. The summed E-state index contributed by atoms with van der Waals surface area (Å²) in [6.45, 7) is 1.12. The van der Waals surface area contributed by atoms with E-state index in [1.165, 1.54) is 0 Å². The molecule has 1 aromatic heterocycles. The van der Waals surface area contributed by atoms with Gasteiger partial charge in [-0.1, -0.05) is 0 Å². The van der Waals surface area contributed by atoms with Gasteiger partial charge in [-0.3, -0.25) is 4.79 Å². The lowest BCUT2D eigenvalue weighted by Gasteiger charge is -2.10. The van der Waals surface area contributed by atoms with E-state index in [1.54, 1.807) is 6.92 Å². The molecular formula is C8H8BrF3N2O2. The van der Waals surface area contributed by atoms with E-state index in [-0.39, 0.29) is 11.1 Å². The summed E-state index contributed by atoms with van der Waals surface area (Å²) >= 11 is 2.73. The zero-order chi connectivity index (χ0) is 12.3. The van der Waals surface area contributed by atoms with Crippen LogP contribution >= 0.6 is 15.9 Å². The maximum Gasteiger partial charge on any atom is 0.434 e. The molecule has 0 aliphatic carbocycles. The Bertz CT molecular complexity index is 389. The first-order chi connectivity index (χ1) is 7.36. The number of carbonyl (C=O) groups excluding carboxylic acids is 1. The van der Waals surface area contributed by atoms with Crippen LogP contribution in [-0.4, -0.2) is 22.4 Å². The number of esters is 1. The minimum Gasteiger partial charge on any atom is -0.465 e. The maximum absolute atomic E-state index is 12.5. The van der Waals surface area contributed by atoms with Crippen LogP contribution in [0.4, 0.5) is 13.2 Å². The van der Waals surface area contributed by atoms with Crippen molar-refractivity contribution in [3.8, 4) is 0 Å². The molecule has 0 radical (unpaired) electrons. The van der Waals surface area contributed by atoms with E-state index in [0.29, 0.717) is 4.68 Å². The first-order valence-corrected chi connectivity index (χ1v) is 5.09. The third-order valence-corrected chi connectivity index (χ3v) is 2.23. The summed E-state index contributed by atoms with van der Waals surface area (Å²) in [7, 11) is 0.